The third-order valence-corrected chi connectivity index (χ3v) is 3.33. The van der Waals surface area contributed by atoms with Gasteiger partial charge in [0.2, 0.25) is 0 Å². The van der Waals surface area contributed by atoms with Crippen LogP contribution in [0.25, 0.3) is 0 Å². The smallest absolute Gasteiger partial charge is 0.315 e. The summed E-state index contributed by atoms with van der Waals surface area (Å²) >= 11 is 0. The maximum Gasteiger partial charge on any atom is 0.315 e. The second kappa shape index (κ2) is 15.9. The third-order valence-electron chi connectivity index (χ3n) is 3.33. The monoisotopic (exact) mass is 440 g/mol. The first kappa shape index (κ1) is 27.1. The molecule has 0 amide bonds. The minimum Gasteiger partial charge on any atom is -0.481 e. The molecule has 0 aliphatic heterocycles. The number of aromatic amines is 1. The Kier molecular flexibility index (Phi) is 14.4. The molecule has 2 rings (SSSR count). The quantitative estimate of drug-likeness (QED) is 0.348. The van der Waals surface area contributed by atoms with Crippen molar-refractivity contribution in [3.63, 3.8) is 0 Å². The second-order valence-electron chi connectivity index (χ2n) is 5.68. The normalized spacial score (nSPS) is 9.43. The van der Waals surface area contributed by atoms with E-state index in [0.29, 0.717) is 32.1 Å². The van der Waals surface area contributed by atoms with Gasteiger partial charge in [0.1, 0.15) is 18.7 Å². The van der Waals surface area contributed by atoms with Gasteiger partial charge >= 0.3 is 11.9 Å². The molecule has 0 aliphatic rings. The molecular weight excluding hydrogens is 412 g/mol. The Morgan fingerprint density at radius 1 is 0.967 bits per heavy atom. The van der Waals surface area contributed by atoms with Gasteiger partial charge in [-0.25, -0.2) is 4.98 Å². The first-order chi connectivity index (χ1) is 14.0. The number of esters is 2. The van der Waals surface area contributed by atoms with Crippen molar-refractivity contribution in [3.8, 4) is 0 Å². The molecule has 1 aromatic heterocycles. The van der Waals surface area contributed by atoms with Crippen molar-refractivity contribution in [1.82, 2.24) is 15.2 Å². The molecule has 0 spiro atoms. The third kappa shape index (κ3) is 11.8. The summed E-state index contributed by atoms with van der Waals surface area (Å²) in [7, 11) is 0. The van der Waals surface area contributed by atoms with Crippen LogP contribution in [0, 0.1) is 5.41 Å². The van der Waals surface area contributed by atoms with Crippen molar-refractivity contribution in [2.24, 2.45) is 0 Å². The largest absolute Gasteiger partial charge is 0.481 e. The zero-order chi connectivity index (χ0) is 21.5. The number of H-pyrrole nitrogens is 1. The minimum absolute atomic E-state index is 0. The zero-order valence-electron chi connectivity index (χ0n) is 17.5. The van der Waals surface area contributed by atoms with Crippen LogP contribution in [-0.2, 0) is 36.6 Å². The number of rotatable bonds is 9. The number of nitrogens with zero attached hydrogens (tertiary/aromatic N) is 2. The Morgan fingerprint density at radius 3 is 2.17 bits per heavy atom. The van der Waals surface area contributed by atoms with Gasteiger partial charge in [-0.05, 0) is 26.3 Å². The van der Waals surface area contributed by atoms with Crippen LogP contribution in [0.1, 0.15) is 44.4 Å². The van der Waals surface area contributed by atoms with Crippen LogP contribution in [-0.4, -0.2) is 52.8 Å². The van der Waals surface area contributed by atoms with Crippen LogP contribution in [0.3, 0.4) is 0 Å². The highest BCUT2D eigenvalue weighted by atomic mass is 35.5. The van der Waals surface area contributed by atoms with E-state index in [1.165, 1.54) is 0 Å². The van der Waals surface area contributed by atoms with Crippen LogP contribution < -0.4 is 0 Å². The molecule has 0 unspecified atom stereocenters. The summed E-state index contributed by atoms with van der Waals surface area (Å²) in [5.74, 6) is 0.472. The molecule has 0 radical (unpaired) electrons. The fourth-order valence-electron chi connectivity index (χ4n) is 2.19. The molecule has 1 aromatic carbocycles. The lowest BCUT2D eigenvalue weighted by Crippen LogP contribution is -2.12. The molecular formula is C20H29ClN4O5. The van der Waals surface area contributed by atoms with Crippen LogP contribution in [0.5, 0.6) is 0 Å². The molecule has 0 aliphatic carbocycles. The van der Waals surface area contributed by atoms with Gasteiger partial charge in [-0.3, -0.25) is 20.1 Å². The Hall–Kier alpha value is -2.94. The number of hydrogen-bond acceptors (Lipinski definition) is 8. The Labute approximate surface area is 182 Å². The Morgan fingerprint density at radius 2 is 1.57 bits per heavy atom. The number of hydrogen-bond donors (Lipinski definition) is 2. The van der Waals surface area contributed by atoms with Gasteiger partial charge in [0.05, 0.1) is 19.8 Å². The van der Waals surface area contributed by atoms with Crippen LogP contribution in [0.2, 0.25) is 0 Å². The number of ether oxygens (including phenoxy) is 3. The van der Waals surface area contributed by atoms with Crippen LogP contribution in [0.4, 0.5) is 0 Å². The zero-order valence-corrected chi connectivity index (χ0v) is 18.3. The van der Waals surface area contributed by atoms with Gasteiger partial charge < -0.3 is 14.2 Å². The van der Waals surface area contributed by atoms with Crippen molar-refractivity contribution in [2.45, 2.75) is 40.0 Å². The highest BCUT2D eigenvalue weighted by Gasteiger charge is 2.09. The van der Waals surface area contributed by atoms with Crippen LogP contribution >= 0.6 is 12.4 Å². The predicted molar refractivity (Wildman–Crippen MR) is 114 cm³/mol. The average molecular weight is 441 g/mol. The van der Waals surface area contributed by atoms with E-state index in [2.05, 4.69) is 19.9 Å². The van der Waals surface area contributed by atoms with E-state index in [1.807, 2.05) is 30.3 Å². The molecule has 30 heavy (non-hydrogen) atoms. The Bertz CT molecular complexity index is 752. The van der Waals surface area contributed by atoms with Crippen LogP contribution in [0.15, 0.2) is 30.3 Å². The number of benzene rings is 1. The summed E-state index contributed by atoms with van der Waals surface area (Å²) in [5.41, 5.74) is 1.15. The first-order valence-electron chi connectivity index (χ1n) is 9.43. The molecule has 2 aromatic rings. The van der Waals surface area contributed by atoms with E-state index >= 15 is 0 Å². The maximum absolute atomic E-state index is 11.3. The van der Waals surface area contributed by atoms with E-state index in [0.717, 1.165) is 11.4 Å². The van der Waals surface area contributed by atoms with E-state index < -0.39 is 5.97 Å². The number of nitrogens with one attached hydrogen (secondary N) is 2. The highest BCUT2D eigenvalue weighted by Crippen LogP contribution is 2.05. The van der Waals surface area contributed by atoms with Gasteiger partial charge in [-0.15, -0.1) is 12.4 Å². The van der Waals surface area contributed by atoms with E-state index in [4.69, 9.17) is 14.9 Å². The summed E-state index contributed by atoms with van der Waals surface area (Å²) < 4.78 is 14.2. The van der Waals surface area contributed by atoms with Gasteiger partial charge in [0.15, 0.2) is 11.7 Å². The van der Waals surface area contributed by atoms with E-state index in [9.17, 15) is 9.59 Å². The average Bonchev–Trinajstić information content (AvgIpc) is 3.10. The summed E-state index contributed by atoms with van der Waals surface area (Å²) in [5, 5.41) is 13.9. The lowest BCUT2D eigenvalue weighted by Gasteiger charge is -2.03. The summed E-state index contributed by atoms with van der Waals surface area (Å²) in [6.45, 7) is 6.40. The number of halogens is 1. The van der Waals surface area contributed by atoms with Gasteiger partial charge in [-0.2, -0.15) is 5.10 Å². The standard InChI is InChI=1S/C13H15N3O2.C7H13NO3.ClH/c1-2-18-13(17)9-12-14-11(15-16-12)8-10-6-4-3-5-7-10;1-3-10-6(8)5-7(9)11-4-2;/h3-7H,2,8-9H2,1H3,(H,14,15,16);8H,3-5H2,1-2H3;1H. The fraction of sp³-hybridized carbons (Fsp3) is 0.450. The maximum atomic E-state index is 11.3. The summed E-state index contributed by atoms with van der Waals surface area (Å²) in [6, 6.07) is 9.97. The molecule has 9 nitrogen and oxygen atoms in total. The van der Waals surface area contributed by atoms with E-state index in [1.54, 1.807) is 20.8 Å². The topological polar surface area (TPSA) is 127 Å². The Balaban J connectivity index is 0.000000612. The molecule has 10 heteroatoms. The predicted octanol–water partition coefficient (Wildman–Crippen LogP) is 2.88. The fourth-order valence-corrected chi connectivity index (χ4v) is 2.19. The highest BCUT2D eigenvalue weighted by molar-refractivity contribution is 5.92. The number of carbonyl (C=O) groups is 2. The summed E-state index contributed by atoms with van der Waals surface area (Å²) in [6.07, 6.45) is 0.720. The summed E-state index contributed by atoms with van der Waals surface area (Å²) in [4.78, 5) is 26.2. The molecule has 166 valence electrons. The molecule has 0 saturated carbocycles. The van der Waals surface area contributed by atoms with Crippen molar-refractivity contribution >= 4 is 30.2 Å². The minimum atomic E-state index is -0.411. The van der Waals surface area contributed by atoms with Crippen molar-refractivity contribution < 1.29 is 23.8 Å². The first-order valence-corrected chi connectivity index (χ1v) is 9.43. The SMILES string of the molecule is CCOC(=N)CC(=O)OCC.CCOC(=O)Cc1n[nH]c(Cc2ccccc2)n1.Cl. The number of carbonyl (C=O) groups excluding carboxylic acids is 2. The molecule has 0 fully saturated rings. The molecule has 1 heterocycles. The molecule has 0 saturated heterocycles. The molecule has 0 atom stereocenters. The molecule has 2 N–H and O–H groups in total. The lowest BCUT2D eigenvalue weighted by molar-refractivity contribution is -0.143. The second-order valence-corrected chi connectivity index (χ2v) is 5.68. The van der Waals surface area contributed by atoms with Crippen molar-refractivity contribution in [1.29, 1.82) is 5.41 Å². The van der Waals surface area contributed by atoms with E-state index in [-0.39, 0.29) is 37.1 Å². The van der Waals surface area contributed by atoms with Gasteiger partial charge in [0, 0.05) is 6.42 Å². The molecule has 0 bridgehead atoms. The van der Waals surface area contributed by atoms with Gasteiger partial charge in [-0.1, -0.05) is 30.3 Å². The van der Waals surface area contributed by atoms with Crippen molar-refractivity contribution in [3.05, 3.63) is 47.5 Å². The number of aromatic nitrogens is 3. The van der Waals surface area contributed by atoms with Gasteiger partial charge in [0.25, 0.3) is 0 Å². The lowest BCUT2D eigenvalue weighted by atomic mass is 10.1. The van der Waals surface area contributed by atoms with Crippen molar-refractivity contribution in [2.75, 3.05) is 19.8 Å².